The minimum atomic E-state index is -0.253. The molecule has 0 radical (unpaired) electrons. The van der Waals surface area contributed by atoms with Gasteiger partial charge in [-0.3, -0.25) is 0 Å². The summed E-state index contributed by atoms with van der Waals surface area (Å²) in [6, 6.07) is -0.253. The smallest absolute Gasteiger partial charge is 0.314 e. The number of nitrogens with zero attached hydrogens (tertiary/aromatic N) is 2. The molecule has 17 heavy (non-hydrogen) atoms. The molecule has 3 N–H and O–H groups in total. The maximum absolute atomic E-state index is 11.1. The van der Waals surface area contributed by atoms with Gasteiger partial charge in [0.1, 0.15) is 0 Å². The maximum atomic E-state index is 11.1. The van der Waals surface area contributed by atoms with Gasteiger partial charge in [0.15, 0.2) is 0 Å². The number of nitrogens with one attached hydrogen (secondary N) is 1. The number of nitrogens with two attached hydrogens (primary N) is 1. The summed E-state index contributed by atoms with van der Waals surface area (Å²) in [5, 5.41) is 3.36. The quantitative estimate of drug-likeness (QED) is 0.734. The van der Waals surface area contributed by atoms with Crippen LogP contribution in [0.4, 0.5) is 4.79 Å². The highest BCUT2D eigenvalue weighted by atomic mass is 16.2. The van der Waals surface area contributed by atoms with Crippen LogP contribution >= 0.6 is 0 Å². The summed E-state index contributed by atoms with van der Waals surface area (Å²) in [6.45, 7) is 7.41. The van der Waals surface area contributed by atoms with Gasteiger partial charge in [-0.25, -0.2) is 4.79 Å². The molecule has 1 atom stereocenters. The van der Waals surface area contributed by atoms with Crippen LogP contribution in [-0.2, 0) is 0 Å². The van der Waals surface area contributed by atoms with Gasteiger partial charge >= 0.3 is 6.03 Å². The molecular weight excluding hydrogens is 216 g/mol. The van der Waals surface area contributed by atoms with Crippen LogP contribution in [0, 0.1) is 5.92 Å². The van der Waals surface area contributed by atoms with Crippen LogP contribution in [0.2, 0.25) is 0 Å². The number of amides is 2. The SMILES string of the molecule is NC(=O)N1CCCC(CCN2CCNCC2)C1. The van der Waals surface area contributed by atoms with Gasteiger partial charge in [-0.15, -0.1) is 0 Å². The summed E-state index contributed by atoms with van der Waals surface area (Å²) >= 11 is 0. The van der Waals surface area contributed by atoms with E-state index in [9.17, 15) is 4.79 Å². The van der Waals surface area contributed by atoms with E-state index >= 15 is 0 Å². The van der Waals surface area contributed by atoms with Gasteiger partial charge in [-0.05, 0) is 31.7 Å². The lowest BCUT2D eigenvalue weighted by molar-refractivity contribution is 0.157. The Hall–Kier alpha value is -0.810. The molecular formula is C12H24N4O. The maximum Gasteiger partial charge on any atom is 0.314 e. The van der Waals surface area contributed by atoms with Crippen molar-refractivity contribution in [1.82, 2.24) is 15.1 Å². The van der Waals surface area contributed by atoms with E-state index in [1.165, 1.54) is 19.4 Å². The average molecular weight is 240 g/mol. The molecule has 0 aromatic heterocycles. The number of hydrogen-bond acceptors (Lipinski definition) is 3. The molecule has 2 rings (SSSR count). The molecule has 0 bridgehead atoms. The third kappa shape index (κ3) is 3.85. The molecule has 2 amide bonds. The van der Waals surface area contributed by atoms with E-state index in [4.69, 9.17) is 5.73 Å². The Morgan fingerprint density at radius 1 is 1.29 bits per heavy atom. The zero-order valence-corrected chi connectivity index (χ0v) is 10.5. The van der Waals surface area contributed by atoms with E-state index in [0.29, 0.717) is 5.92 Å². The number of carbonyl (C=O) groups is 1. The van der Waals surface area contributed by atoms with Crippen molar-refractivity contribution in [2.24, 2.45) is 11.7 Å². The predicted molar refractivity (Wildman–Crippen MR) is 67.8 cm³/mol. The van der Waals surface area contributed by atoms with Crippen molar-refractivity contribution in [3.8, 4) is 0 Å². The highest BCUT2D eigenvalue weighted by Gasteiger charge is 2.22. The van der Waals surface area contributed by atoms with Crippen LogP contribution in [0.3, 0.4) is 0 Å². The van der Waals surface area contributed by atoms with Gasteiger partial charge in [0.25, 0.3) is 0 Å². The Kier molecular flexibility index (Phi) is 4.62. The van der Waals surface area contributed by atoms with Gasteiger partial charge in [0, 0.05) is 39.3 Å². The van der Waals surface area contributed by atoms with Gasteiger partial charge in [0.05, 0.1) is 0 Å². The molecule has 0 aromatic rings. The first-order valence-corrected chi connectivity index (χ1v) is 6.73. The molecule has 1 unspecified atom stereocenters. The van der Waals surface area contributed by atoms with E-state index in [-0.39, 0.29) is 6.03 Å². The predicted octanol–water partition coefficient (Wildman–Crippen LogP) is 0.0724. The van der Waals surface area contributed by atoms with Crippen molar-refractivity contribution in [1.29, 1.82) is 0 Å². The van der Waals surface area contributed by atoms with E-state index in [2.05, 4.69) is 10.2 Å². The summed E-state index contributed by atoms with van der Waals surface area (Å²) in [7, 11) is 0. The molecule has 98 valence electrons. The fraction of sp³-hybridized carbons (Fsp3) is 0.917. The second-order valence-electron chi connectivity index (χ2n) is 5.17. The Morgan fingerprint density at radius 3 is 2.76 bits per heavy atom. The third-order valence-corrected chi connectivity index (χ3v) is 3.89. The van der Waals surface area contributed by atoms with Crippen LogP contribution in [0.5, 0.6) is 0 Å². The first kappa shape index (κ1) is 12.6. The second kappa shape index (κ2) is 6.21. The standard InChI is InChI=1S/C12H24N4O/c13-12(17)16-6-1-2-11(10-16)3-7-15-8-4-14-5-9-15/h11,14H,1-10H2,(H2,13,17). The highest BCUT2D eigenvalue weighted by molar-refractivity contribution is 5.72. The Labute approximate surface area is 103 Å². The van der Waals surface area contributed by atoms with Crippen molar-refractivity contribution in [3.63, 3.8) is 0 Å². The van der Waals surface area contributed by atoms with Crippen LogP contribution < -0.4 is 11.1 Å². The number of carbonyl (C=O) groups excluding carboxylic acids is 1. The molecule has 0 saturated carbocycles. The zero-order chi connectivity index (χ0) is 12.1. The lowest BCUT2D eigenvalue weighted by atomic mass is 9.94. The molecule has 5 heteroatoms. The minimum Gasteiger partial charge on any atom is -0.351 e. The number of piperazine rings is 1. The van der Waals surface area contributed by atoms with E-state index in [1.807, 2.05) is 0 Å². The molecule has 2 heterocycles. The molecule has 2 aliphatic rings. The van der Waals surface area contributed by atoms with Crippen LogP contribution in [0.25, 0.3) is 0 Å². The molecule has 0 aromatic carbocycles. The number of piperidine rings is 1. The minimum absolute atomic E-state index is 0.253. The number of rotatable bonds is 3. The summed E-state index contributed by atoms with van der Waals surface area (Å²) in [5.41, 5.74) is 5.34. The third-order valence-electron chi connectivity index (χ3n) is 3.89. The summed E-state index contributed by atoms with van der Waals surface area (Å²) in [6.07, 6.45) is 3.55. The molecule has 0 spiro atoms. The number of urea groups is 1. The monoisotopic (exact) mass is 240 g/mol. The van der Waals surface area contributed by atoms with Crippen LogP contribution in [0.15, 0.2) is 0 Å². The van der Waals surface area contributed by atoms with Crippen LogP contribution in [-0.4, -0.2) is 61.6 Å². The fourth-order valence-electron chi connectivity index (χ4n) is 2.80. The summed E-state index contributed by atoms with van der Waals surface area (Å²) in [4.78, 5) is 15.4. The Morgan fingerprint density at radius 2 is 2.06 bits per heavy atom. The van der Waals surface area contributed by atoms with E-state index < -0.39 is 0 Å². The highest BCUT2D eigenvalue weighted by Crippen LogP contribution is 2.19. The van der Waals surface area contributed by atoms with E-state index in [1.54, 1.807) is 4.90 Å². The van der Waals surface area contributed by atoms with Crippen molar-refractivity contribution in [2.45, 2.75) is 19.3 Å². The Balaban J connectivity index is 1.69. The van der Waals surface area contributed by atoms with Crippen molar-refractivity contribution < 1.29 is 4.79 Å². The first-order chi connectivity index (χ1) is 8.25. The molecule has 0 aliphatic carbocycles. The topological polar surface area (TPSA) is 61.6 Å². The molecule has 5 nitrogen and oxygen atoms in total. The lowest BCUT2D eigenvalue weighted by Crippen LogP contribution is -2.46. The Bertz CT molecular complexity index is 253. The summed E-state index contributed by atoms with van der Waals surface area (Å²) in [5.74, 6) is 0.645. The first-order valence-electron chi connectivity index (χ1n) is 6.73. The number of hydrogen-bond donors (Lipinski definition) is 2. The number of primary amides is 1. The normalized spacial score (nSPS) is 27.1. The number of likely N-dealkylation sites (tertiary alicyclic amines) is 1. The summed E-state index contributed by atoms with van der Waals surface area (Å²) < 4.78 is 0. The molecule has 2 saturated heterocycles. The van der Waals surface area contributed by atoms with Crippen LogP contribution in [0.1, 0.15) is 19.3 Å². The zero-order valence-electron chi connectivity index (χ0n) is 10.5. The van der Waals surface area contributed by atoms with Gasteiger partial charge in [-0.1, -0.05) is 0 Å². The van der Waals surface area contributed by atoms with Crippen molar-refractivity contribution >= 4 is 6.03 Å². The second-order valence-corrected chi connectivity index (χ2v) is 5.17. The molecule has 2 fully saturated rings. The fourth-order valence-corrected chi connectivity index (χ4v) is 2.80. The van der Waals surface area contributed by atoms with Gasteiger partial charge in [-0.2, -0.15) is 0 Å². The largest absolute Gasteiger partial charge is 0.351 e. The average Bonchev–Trinajstić information content (AvgIpc) is 2.38. The van der Waals surface area contributed by atoms with Crippen molar-refractivity contribution in [3.05, 3.63) is 0 Å². The lowest BCUT2D eigenvalue weighted by Gasteiger charge is -2.34. The molecule has 2 aliphatic heterocycles. The van der Waals surface area contributed by atoms with E-state index in [0.717, 1.165) is 45.7 Å². The van der Waals surface area contributed by atoms with Gasteiger partial charge < -0.3 is 20.9 Å². The van der Waals surface area contributed by atoms with Gasteiger partial charge in [0.2, 0.25) is 0 Å². The van der Waals surface area contributed by atoms with Crippen molar-refractivity contribution in [2.75, 3.05) is 45.8 Å².